The Kier molecular flexibility index (Phi) is 8.44. The van der Waals surface area contributed by atoms with Crippen LogP contribution in [0.15, 0.2) is 51.6 Å². The molecule has 0 bridgehead atoms. The van der Waals surface area contributed by atoms with Gasteiger partial charge in [0.25, 0.3) is 5.56 Å². The second kappa shape index (κ2) is 11.5. The lowest BCUT2D eigenvalue weighted by atomic mass is 9.97. The Hall–Kier alpha value is -3.13. The fourth-order valence-electron chi connectivity index (χ4n) is 3.95. The van der Waals surface area contributed by atoms with E-state index in [4.69, 9.17) is 10.5 Å². The number of allylic oxidation sites excluding steroid dienone is 1. The van der Waals surface area contributed by atoms with Crippen LogP contribution in [0.2, 0.25) is 0 Å². The standard InChI is InChI=1S/C24H32N4O4/c1-2-32-16-14-20(29)27(15-13-18-9-5-3-6-10-18)21-22(25)28(24(31)26-23(21)30)17-19-11-7-4-8-12-19/h4,7-9,11-12H,2-3,5-6,10,13-17,25H2,1H3,(H,26,30,31). The average Bonchev–Trinajstić information content (AvgIpc) is 2.80. The number of hydrogen-bond donors (Lipinski definition) is 2. The first-order valence-corrected chi connectivity index (χ1v) is 11.2. The monoisotopic (exact) mass is 440 g/mol. The third-order valence-electron chi connectivity index (χ3n) is 5.67. The molecule has 3 rings (SSSR count). The maximum Gasteiger partial charge on any atom is 0.330 e. The number of carbonyl (C=O) groups excluding carboxylic acids is 1. The topological polar surface area (TPSA) is 110 Å². The van der Waals surface area contributed by atoms with Gasteiger partial charge in [-0.15, -0.1) is 0 Å². The number of benzene rings is 1. The summed E-state index contributed by atoms with van der Waals surface area (Å²) in [6, 6.07) is 9.36. The van der Waals surface area contributed by atoms with E-state index in [1.165, 1.54) is 21.5 Å². The highest BCUT2D eigenvalue weighted by Gasteiger charge is 2.24. The van der Waals surface area contributed by atoms with Gasteiger partial charge in [-0.1, -0.05) is 42.0 Å². The predicted octanol–water partition coefficient (Wildman–Crippen LogP) is 2.82. The van der Waals surface area contributed by atoms with Crippen LogP contribution in [-0.2, 0) is 16.1 Å². The Morgan fingerprint density at radius 1 is 1.22 bits per heavy atom. The Bertz CT molecular complexity index is 1060. The van der Waals surface area contributed by atoms with Crippen molar-refractivity contribution in [3.8, 4) is 0 Å². The molecule has 1 aromatic heterocycles. The lowest BCUT2D eigenvalue weighted by molar-refractivity contribution is -0.119. The molecular weight excluding hydrogens is 408 g/mol. The van der Waals surface area contributed by atoms with Crippen LogP contribution in [0.3, 0.4) is 0 Å². The summed E-state index contributed by atoms with van der Waals surface area (Å²) in [7, 11) is 0. The van der Waals surface area contributed by atoms with Crippen LogP contribution in [0.5, 0.6) is 0 Å². The maximum atomic E-state index is 13.1. The first-order chi connectivity index (χ1) is 15.5. The second-order valence-corrected chi connectivity index (χ2v) is 7.92. The number of nitrogens with two attached hydrogens (primary N) is 1. The van der Waals surface area contributed by atoms with Crippen LogP contribution < -0.4 is 21.9 Å². The molecule has 1 aliphatic rings. The van der Waals surface area contributed by atoms with Crippen LogP contribution in [-0.4, -0.2) is 35.2 Å². The number of H-pyrrole nitrogens is 1. The van der Waals surface area contributed by atoms with Gasteiger partial charge < -0.3 is 15.4 Å². The SMILES string of the molecule is CCOCCC(=O)N(CCC1=CCCCC1)c1c(N)n(Cc2ccccc2)c(=O)[nH]c1=O. The number of anilines is 2. The van der Waals surface area contributed by atoms with Crippen LogP contribution in [0.4, 0.5) is 11.5 Å². The molecule has 8 nitrogen and oxygen atoms in total. The van der Waals surface area contributed by atoms with Crippen LogP contribution in [0.25, 0.3) is 0 Å². The van der Waals surface area contributed by atoms with Gasteiger partial charge in [0, 0.05) is 13.2 Å². The van der Waals surface area contributed by atoms with Gasteiger partial charge >= 0.3 is 5.69 Å². The molecule has 0 unspecified atom stereocenters. The molecule has 0 spiro atoms. The minimum Gasteiger partial charge on any atom is -0.383 e. The summed E-state index contributed by atoms with van der Waals surface area (Å²) in [6.07, 6.45) is 7.36. The Balaban J connectivity index is 1.95. The number of nitrogen functional groups attached to an aromatic ring is 1. The van der Waals surface area contributed by atoms with Crippen molar-refractivity contribution >= 4 is 17.4 Å². The Morgan fingerprint density at radius 3 is 2.69 bits per heavy atom. The smallest absolute Gasteiger partial charge is 0.330 e. The fraction of sp³-hybridized carbons (Fsp3) is 0.458. The third-order valence-corrected chi connectivity index (χ3v) is 5.67. The molecule has 0 saturated carbocycles. The Labute approximate surface area is 187 Å². The van der Waals surface area contributed by atoms with Crippen molar-refractivity contribution in [1.29, 1.82) is 0 Å². The molecule has 1 heterocycles. The highest BCUT2D eigenvalue weighted by Crippen LogP contribution is 2.24. The summed E-state index contributed by atoms with van der Waals surface area (Å²) in [5, 5.41) is 0. The molecule has 3 N–H and O–H groups in total. The van der Waals surface area contributed by atoms with E-state index in [-0.39, 0.29) is 37.0 Å². The molecule has 1 aromatic carbocycles. The van der Waals surface area contributed by atoms with E-state index in [1.54, 1.807) is 0 Å². The average molecular weight is 441 g/mol. The molecule has 1 amide bonds. The van der Waals surface area contributed by atoms with E-state index in [1.807, 2.05) is 37.3 Å². The predicted molar refractivity (Wildman–Crippen MR) is 126 cm³/mol. The van der Waals surface area contributed by atoms with Crippen molar-refractivity contribution in [2.45, 2.75) is 52.0 Å². The minimum absolute atomic E-state index is 0.00927. The fourth-order valence-corrected chi connectivity index (χ4v) is 3.95. The largest absolute Gasteiger partial charge is 0.383 e. The maximum absolute atomic E-state index is 13.1. The zero-order valence-electron chi connectivity index (χ0n) is 18.6. The van der Waals surface area contributed by atoms with Crippen molar-refractivity contribution < 1.29 is 9.53 Å². The number of hydrogen-bond acceptors (Lipinski definition) is 5. The van der Waals surface area contributed by atoms with Gasteiger partial charge in [-0.3, -0.25) is 19.1 Å². The van der Waals surface area contributed by atoms with Crippen molar-refractivity contribution in [3.05, 3.63) is 68.4 Å². The summed E-state index contributed by atoms with van der Waals surface area (Å²) in [4.78, 5) is 42.2. The van der Waals surface area contributed by atoms with Crippen LogP contribution >= 0.6 is 0 Å². The number of ether oxygens (including phenoxy) is 1. The summed E-state index contributed by atoms with van der Waals surface area (Å²) < 4.78 is 6.64. The van der Waals surface area contributed by atoms with E-state index >= 15 is 0 Å². The quantitative estimate of drug-likeness (QED) is 0.436. The summed E-state index contributed by atoms with van der Waals surface area (Å²) in [6.45, 7) is 3.15. The highest BCUT2D eigenvalue weighted by atomic mass is 16.5. The van der Waals surface area contributed by atoms with Crippen LogP contribution in [0.1, 0.15) is 51.0 Å². The first kappa shape index (κ1) is 23.5. The number of aromatic amines is 1. The lowest BCUT2D eigenvalue weighted by Crippen LogP contribution is -2.42. The van der Waals surface area contributed by atoms with Gasteiger partial charge in [0.15, 0.2) is 5.69 Å². The number of carbonyl (C=O) groups is 1. The number of aromatic nitrogens is 2. The molecule has 0 radical (unpaired) electrons. The van der Waals surface area contributed by atoms with Gasteiger partial charge in [0.05, 0.1) is 19.6 Å². The summed E-state index contributed by atoms with van der Waals surface area (Å²) in [5.41, 5.74) is 7.26. The molecule has 32 heavy (non-hydrogen) atoms. The lowest BCUT2D eigenvalue weighted by Gasteiger charge is -2.25. The second-order valence-electron chi connectivity index (χ2n) is 7.92. The molecule has 1 aliphatic carbocycles. The normalized spacial score (nSPS) is 13.6. The van der Waals surface area contributed by atoms with E-state index in [0.717, 1.165) is 24.8 Å². The third kappa shape index (κ3) is 5.97. The molecule has 0 atom stereocenters. The summed E-state index contributed by atoms with van der Waals surface area (Å²) >= 11 is 0. The molecule has 8 heteroatoms. The molecule has 0 saturated heterocycles. The highest BCUT2D eigenvalue weighted by molar-refractivity contribution is 5.95. The molecule has 0 fully saturated rings. The van der Waals surface area contributed by atoms with Crippen molar-refractivity contribution in [2.75, 3.05) is 30.4 Å². The van der Waals surface area contributed by atoms with Gasteiger partial charge in [0.2, 0.25) is 5.91 Å². The van der Waals surface area contributed by atoms with Gasteiger partial charge in [-0.25, -0.2) is 4.79 Å². The zero-order chi connectivity index (χ0) is 22.9. The van der Waals surface area contributed by atoms with Crippen molar-refractivity contribution in [3.63, 3.8) is 0 Å². The molecule has 0 aliphatic heterocycles. The van der Waals surface area contributed by atoms with E-state index < -0.39 is 11.2 Å². The molecular formula is C24H32N4O4. The van der Waals surface area contributed by atoms with Gasteiger partial charge in [-0.2, -0.15) is 0 Å². The Morgan fingerprint density at radius 2 is 2.00 bits per heavy atom. The van der Waals surface area contributed by atoms with E-state index in [0.29, 0.717) is 19.6 Å². The summed E-state index contributed by atoms with van der Waals surface area (Å²) in [5.74, 6) is -0.262. The molecule has 2 aromatic rings. The number of nitrogens with zero attached hydrogens (tertiary/aromatic N) is 2. The number of amides is 1. The van der Waals surface area contributed by atoms with E-state index in [9.17, 15) is 14.4 Å². The number of rotatable bonds is 10. The number of nitrogens with one attached hydrogen (secondary N) is 1. The minimum atomic E-state index is -0.654. The van der Waals surface area contributed by atoms with Gasteiger partial charge in [-0.05, 0) is 44.6 Å². The zero-order valence-corrected chi connectivity index (χ0v) is 18.6. The van der Waals surface area contributed by atoms with Crippen molar-refractivity contribution in [1.82, 2.24) is 9.55 Å². The molecule has 172 valence electrons. The van der Waals surface area contributed by atoms with Crippen molar-refractivity contribution in [2.24, 2.45) is 0 Å². The van der Waals surface area contributed by atoms with E-state index in [2.05, 4.69) is 11.1 Å². The first-order valence-electron chi connectivity index (χ1n) is 11.2. The van der Waals surface area contributed by atoms with Crippen LogP contribution in [0, 0.1) is 0 Å². The van der Waals surface area contributed by atoms with Gasteiger partial charge in [0.1, 0.15) is 5.82 Å².